The van der Waals surface area contributed by atoms with Crippen molar-refractivity contribution in [1.29, 1.82) is 0 Å². The molecule has 0 bridgehead atoms. The third kappa shape index (κ3) is 2.85. The first kappa shape index (κ1) is 13.8. The Kier molecular flexibility index (Phi) is 4.33. The maximum atomic E-state index is 14.3. The first-order chi connectivity index (χ1) is 9.17. The Hall–Kier alpha value is -1.67. The predicted molar refractivity (Wildman–Crippen MR) is 77.9 cm³/mol. The molecule has 0 aliphatic carbocycles. The van der Waals surface area contributed by atoms with Crippen LogP contribution in [0, 0.1) is 12.7 Å². The van der Waals surface area contributed by atoms with Gasteiger partial charge in [-0.2, -0.15) is 0 Å². The number of hydrogen-bond acceptors (Lipinski definition) is 1. The summed E-state index contributed by atoms with van der Waals surface area (Å²) in [6, 6.07) is 13.8. The van der Waals surface area contributed by atoms with Crippen LogP contribution in [0.3, 0.4) is 0 Å². The molecule has 0 amide bonds. The molecule has 1 nitrogen and oxygen atoms in total. The van der Waals surface area contributed by atoms with Crippen molar-refractivity contribution in [3.05, 3.63) is 70.5 Å². The molecule has 2 aromatic rings. The Morgan fingerprint density at radius 1 is 1.16 bits per heavy atom. The third-order valence-corrected chi connectivity index (χ3v) is 3.51. The van der Waals surface area contributed by atoms with Gasteiger partial charge in [0.15, 0.2) is 0 Å². The zero-order valence-corrected chi connectivity index (χ0v) is 11.7. The number of rotatable bonds is 4. The van der Waals surface area contributed by atoms with E-state index in [1.807, 2.05) is 31.3 Å². The molecular formula is C17H20FN. The summed E-state index contributed by atoms with van der Waals surface area (Å²) in [5.41, 5.74) is 3.76. The van der Waals surface area contributed by atoms with Gasteiger partial charge in [-0.05, 0) is 37.1 Å². The number of nitrogens with one attached hydrogen (secondary N) is 1. The topological polar surface area (TPSA) is 12.0 Å². The highest BCUT2D eigenvalue weighted by Gasteiger charge is 2.17. The molecule has 0 fully saturated rings. The summed E-state index contributed by atoms with van der Waals surface area (Å²) in [4.78, 5) is 0. The van der Waals surface area contributed by atoms with E-state index >= 15 is 0 Å². The predicted octanol–water partition coefficient (Wildman–Crippen LogP) is 4.01. The molecule has 0 heterocycles. The molecule has 1 unspecified atom stereocenters. The molecule has 0 aliphatic heterocycles. The van der Waals surface area contributed by atoms with Gasteiger partial charge in [0.1, 0.15) is 5.82 Å². The monoisotopic (exact) mass is 257 g/mol. The fourth-order valence-corrected chi connectivity index (χ4v) is 2.39. The molecule has 0 spiro atoms. The molecule has 0 radical (unpaired) electrons. The number of aryl methyl sites for hydroxylation is 2. The van der Waals surface area contributed by atoms with Gasteiger partial charge in [-0.3, -0.25) is 0 Å². The largest absolute Gasteiger partial charge is 0.309 e. The van der Waals surface area contributed by atoms with Gasteiger partial charge >= 0.3 is 0 Å². The number of benzene rings is 2. The fourth-order valence-electron chi connectivity index (χ4n) is 2.39. The van der Waals surface area contributed by atoms with Crippen molar-refractivity contribution in [3.8, 4) is 0 Å². The van der Waals surface area contributed by atoms with Crippen molar-refractivity contribution < 1.29 is 4.39 Å². The summed E-state index contributed by atoms with van der Waals surface area (Å²) in [5, 5.41) is 3.21. The number of hydrogen-bond donors (Lipinski definition) is 1. The maximum absolute atomic E-state index is 14.3. The third-order valence-electron chi connectivity index (χ3n) is 3.51. The maximum Gasteiger partial charge on any atom is 0.131 e. The molecular weight excluding hydrogens is 237 g/mol. The summed E-state index contributed by atoms with van der Waals surface area (Å²) >= 11 is 0. The zero-order valence-electron chi connectivity index (χ0n) is 11.7. The first-order valence-corrected chi connectivity index (χ1v) is 6.68. The highest BCUT2D eigenvalue weighted by molar-refractivity contribution is 5.37. The van der Waals surface area contributed by atoms with E-state index in [1.165, 1.54) is 5.56 Å². The summed E-state index contributed by atoms with van der Waals surface area (Å²) in [6.45, 7) is 3.93. The fraction of sp³-hybridized carbons (Fsp3) is 0.294. The second-order valence-electron chi connectivity index (χ2n) is 4.80. The molecule has 2 heteroatoms. The SMILES string of the molecule is CCc1cccc(C(NC)c2cccc(C)c2F)c1. The Balaban J connectivity index is 2.46. The molecule has 0 saturated heterocycles. The number of halogens is 1. The molecule has 2 aromatic carbocycles. The smallest absolute Gasteiger partial charge is 0.131 e. The van der Waals surface area contributed by atoms with Crippen LogP contribution in [-0.4, -0.2) is 7.05 Å². The van der Waals surface area contributed by atoms with E-state index in [1.54, 1.807) is 13.0 Å². The van der Waals surface area contributed by atoms with Crippen LogP contribution in [0.5, 0.6) is 0 Å². The van der Waals surface area contributed by atoms with Gasteiger partial charge in [-0.25, -0.2) is 4.39 Å². The minimum absolute atomic E-state index is 0.105. The average molecular weight is 257 g/mol. The van der Waals surface area contributed by atoms with E-state index in [2.05, 4.69) is 24.4 Å². The molecule has 2 rings (SSSR count). The minimum atomic E-state index is -0.122. The van der Waals surface area contributed by atoms with Crippen LogP contribution in [0.2, 0.25) is 0 Å². The normalized spacial score (nSPS) is 12.4. The van der Waals surface area contributed by atoms with Crippen molar-refractivity contribution in [2.45, 2.75) is 26.3 Å². The average Bonchev–Trinajstić information content (AvgIpc) is 2.44. The van der Waals surface area contributed by atoms with E-state index in [-0.39, 0.29) is 11.9 Å². The van der Waals surface area contributed by atoms with Gasteiger partial charge in [-0.15, -0.1) is 0 Å². The molecule has 0 aliphatic rings. The molecule has 19 heavy (non-hydrogen) atoms. The summed E-state index contributed by atoms with van der Waals surface area (Å²) in [5.74, 6) is -0.122. The second-order valence-corrected chi connectivity index (χ2v) is 4.80. The van der Waals surface area contributed by atoms with Crippen LogP contribution in [0.4, 0.5) is 4.39 Å². The summed E-state index contributed by atoms with van der Waals surface area (Å²) in [7, 11) is 1.87. The Labute approximate surface area is 114 Å². The van der Waals surface area contributed by atoms with Crippen molar-refractivity contribution in [2.75, 3.05) is 7.05 Å². The highest BCUT2D eigenvalue weighted by Crippen LogP contribution is 2.26. The second kappa shape index (κ2) is 5.98. The van der Waals surface area contributed by atoms with Crippen molar-refractivity contribution >= 4 is 0 Å². The van der Waals surface area contributed by atoms with E-state index in [4.69, 9.17) is 0 Å². The Morgan fingerprint density at radius 3 is 2.58 bits per heavy atom. The van der Waals surface area contributed by atoms with E-state index in [0.717, 1.165) is 12.0 Å². The quantitative estimate of drug-likeness (QED) is 0.872. The molecule has 0 saturated carbocycles. The van der Waals surface area contributed by atoms with Gasteiger partial charge in [0.05, 0.1) is 6.04 Å². The lowest BCUT2D eigenvalue weighted by Gasteiger charge is -2.19. The first-order valence-electron chi connectivity index (χ1n) is 6.68. The summed E-state index contributed by atoms with van der Waals surface area (Å²) in [6.07, 6.45) is 0.987. The van der Waals surface area contributed by atoms with Crippen LogP contribution in [-0.2, 0) is 6.42 Å². The van der Waals surface area contributed by atoms with Crippen LogP contribution >= 0.6 is 0 Å². The van der Waals surface area contributed by atoms with E-state index in [0.29, 0.717) is 11.1 Å². The minimum Gasteiger partial charge on any atom is -0.309 e. The van der Waals surface area contributed by atoms with E-state index in [9.17, 15) is 4.39 Å². The highest BCUT2D eigenvalue weighted by atomic mass is 19.1. The lowest BCUT2D eigenvalue weighted by atomic mass is 9.95. The molecule has 1 N–H and O–H groups in total. The molecule has 100 valence electrons. The van der Waals surface area contributed by atoms with Crippen LogP contribution < -0.4 is 5.32 Å². The standard InChI is InChI=1S/C17H20FN/c1-4-13-8-6-9-14(11-13)17(19-3)15-10-5-7-12(2)16(15)18/h5-11,17,19H,4H2,1-3H3. The van der Waals surface area contributed by atoms with Crippen LogP contribution in [0.15, 0.2) is 42.5 Å². The Morgan fingerprint density at radius 2 is 1.89 bits per heavy atom. The van der Waals surface area contributed by atoms with E-state index < -0.39 is 0 Å². The summed E-state index contributed by atoms with van der Waals surface area (Å²) < 4.78 is 14.3. The lowest BCUT2D eigenvalue weighted by Crippen LogP contribution is -2.19. The van der Waals surface area contributed by atoms with Gasteiger partial charge in [0.25, 0.3) is 0 Å². The van der Waals surface area contributed by atoms with Gasteiger partial charge in [-0.1, -0.05) is 49.4 Å². The lowest BCUT2D eigenvalue weighted by molar-refractivity contribution is 0.569. The molecule has 1 atom stereocenters. The zero-order chi connectivity index (χ0) is 13.8. The van der Waals surface area contributed by atoms with Crippen LogP contribution in [0.25, 0.3) is 0 Å². The van der Waals surface area contributed by atoms with Crippen LogP contribution in [0.1, 0.15) is 35.2 Å². The van der Waals surface area contributed by atoms with Crippen molar-refractivity contribution in [3.63, 3.8) is 0 Å². The van der Waals surface area contributed by atoms with Gasteiger partial charge < -0.3 is 5.32 Å². The van der Waals surface area contributed by atoms with Gasteiger partial charge in [0.2, 0.25) is 0 Å². The Bertz CT molecular complexity index is 563. The van der Waals surface area contributed by atoms with Gasteiger partial charge in [0, 0.05) is 5.56 Å². The van der Waals surface area contributed by atoms with Crippen molar-refractivity contribution in [1.82, 2.24) is 5.32 Å². The molecule has 0 aromatic heterocycles. The van der Waals surface area contributed by atoms with Crippen molar-refractivity contribution in [2.24, 2.45) is 0 Å².